The molecule has 0 saturated heterocycles. The SMILES string of the molecule is CN(Cc1c(F)cccc1Cl)C(=O)CSc1n[nH]c(-c2ccc(Cl)cc2)n1. The van der Waals surface area contributed by atoms with Crippen LogP contribution in [-0.4, -0.2) is 38.8 Å². The van der Waals surface area contributed by atoms with E-state index in [-0.39, 0.29) is 18.2 Å². The summed E-state index contributed by atoms with van der Waals surface area (Å²) in [5.74, 6) is 0.0992. The summed E-state index contributed by atoms with van der Waals surface area (Å²) >= 11 is 13.1. The van der Waals surface area contributed by atoms with Crippen molar-refractivity contribution in [3.05, 3.63) is 63.9 Å². The van der Waals surface area contributed by atoms with E-state index in [1.165, 1.54) is 28.8 Å². The van der Waals surface area contributed by atoms with Crippen LogP contribution in [0, 0.1) is 5.82 Å². The molecule has 1 N–H and O–H groups in total. The van der Waals surface area contributed by atoms with Crippen LogP contribution in [0.15, 0.2) is 47.6 Å². The maximum atomic E-state index is 13.9. The first-order valence-electron chi connectivity index (χ1n) is 7.92. The lowest BCUT2D eigenvalue weighted by molar-refractivity contribution is -0.127. The van der Waals surface area contributed by atoms with E-state index in [4.69, 9.17) is 23.2 Å². The molecule has 0 radical (unpaired) electrons. The van der Waals surface area contributed by atoms with Gasteiger partial charge in [0.2, 0.25) is 11.1 Å². The topological polar surface area (TPSA) is 61.9 Å². The van der Waals surface area contributed by atoms with Crippen molar-refractivity contribution >= 4 is 40.9 Å². The first-order valence-corrected chi connectivity index (χ1v) is 9.66. The highest BCUT2D eigenvalue weighted by Gasteiger charge is 2.16. The van der Waals surface area contributed by atoms with Crippen LogP contribution in [0.5, 0.6) is 0 Å². The molecule has 0 aliphatic carbocycles. The van der Waals surface area contributed by atoms with Crippen molar-refractivity contribution < 1.29 is 9.18 Å². The summed E-state index contributed by atoms with van der Waals surface area (Å²) in [5.41, 5.74) is 1.14. The molecule has 5 nitrogen and oxygen atoms in total. The molecule has 1 amide bonds. The summed E-state index contributed by atoms with van der Waals surface area (Å²) in [5, 5.41) is 8.31. The molecule has 0 aliphatic rings. The largest absolute Gasteiger partial charge is 0.341 e. The fourth-order valence-corrected chi connectivity index (χ4v) is 3.38. The van der Waals surface area contributed by atoms with Crippen LogP contribution >= 0.6 is 35.0 Å². The van der Waals surface area contributed by atoms with Crippen molar-refractivity contribution in [3.63, 3.8) is 0 Å². The summed E-state index contributed by atoms with van der Waals surface area (Å²) in [6, 6.07) is 11.6. The van der Waals surface area contributed by atoms with E-state index >= 15 is 0 Å². The Labute approximate surface area is 169 Å². The Kier molecular flexibility index (Phi) is 6.36. The zero-order valence-corrected chi connectivity index (χ0v) is 16.6. The van der Waals surface area contributed by atoms with Crippen LogP contribution in [0.3, 0.4) is 0 Å². The highest BCUT2D eigenvalue weighted by atomic mass is 35.5. The van der Waals surface area contributed by atoms with Gasteiger partial charge in [-0.2, -0.15) is 0 Å². The van der Waals surface area contributed by atoms with Gasteiger partial charge in [-0.3, -0.25) is 9.89 Å². The van der Waals surface area contributed by atoms with E-state index in [0.717, 1.165) is 5.56 Å². The lowest BCUT2D eigenvalue weighted by atomic mass is 10.2. The Morgan fingerprint density at radius 3 is 2.67 bits per heavy atom. The molecule has 0 atom stereocenters. The van der Waals surface area contributed by atoms with Gasteiger partial charge in [0.25, 0.3) is 0 Å². The Morgan fingerprint density at radius 1 is 1.22 bits per heavy atom. The highest BCUT2D eigenvalue weighted by molar-refractivity contribution is 7.99. The van der Waals surface area contributed by atoms with Gasteiger partial charge in [0.05, 0.1) is 5.75 Å². The molecule has 1 aromatic heterocycles. The summed E-state index contributed by atoms with van der Waals surface area (Å²) in [7, 11) is 1.60. The molecule has 3 rings (SSSR count). The van der Waals surface area contributed by atoms with Gasteiger partial charge in [-0.15, -0.1) is 5.10 Å². The quantitative estimate of drug-likeness (QED) is 0.584. The molecule has 0 bridgehead atoms. The van der Waals surface area contributed by atoms with Crippen LogP contribution in [0.25, 0.3) is 11.4 Å². The fourth-order valence-electron chi connectivity index (χ4n) is 2.29. The number of carbonyl (C=O) groups excluding carboxylic acids is 1. The van der Waals surface area contributed by atoms with Gasteiger partial charge in [-0.25, -0.2) is 9.37 Å². The van der Waals surface area contributed by atoms with E-state index < -0.39 is 5.82 Å². The molecule has 3 aromatic rings. The Balaban J connectivity index is 1.58. The van der Waals surface area contributed by atoms with Crippen LogP contribution in [0.2, 0.25) is 10.0 Å². The second kappa shape index (κ2) is 8.73. The number of halogens is 3. The molecule has 27 heavy (non-hydrogen) atoms. The number of thioether (sulfide) groups is 1. The highest BCUT2D eigenvalue weighted by Crippen LogP contribution is 2.23. The molecule has 140 valence electrons. The number of aromatic amines is 1. The third-order valence-corrected chi connectivity index (χ3v) is 5.23. The van der Waals surface area contributed by atoms with Gasteiger partial charge in [0.15, 0.2) is 5.82 Å². The number of hydrogen-bond donors (Lipinski definition) is 1. The Hall–Kier alpha value is -2.09. The normalized spacial score (nSPS) is 10.8. The number of rotatable bonds is 6. The molecule has 9 heteroatoms. The molecule has 1 heterocycles. The molecule has 0 saturated carbocycles. The third-order valence-electron chi connectivity index (χ3n) is 3.79. The van der Waals surface area contributed by atoms with E-state index in [1.54, 1.807) is 25.2 Å². The van der Waals surface area contributed by atoms with Crippen molar-refractivity contribution in [2.75, 3.05) is 12.8 Å². The summed E-state index contributed by atoms with van der Waals surface area (Å²) in [6.07, 6.45) is 0. The summed E-state index contributed by atoms with van der Waals surface area (Å²) < 4.78 is 13.9. The average Bonchev–Trinajstić information content (AvgIpc) is 3.12. The number of hydrogen-bond acceptors (Lipinski definition) is 4. The van der Waals surface area contributed by atoms with E-state index in [0.29, 0.717) is 26.6 Å². The Bertz CT molecular complexity index is 929. The molecular weight excluding hydrogens is 410 g/mol. The summed E-state index contributed by atoms with van der Waals surface area (Å²) in [4.78, 5) is 18.1. The number of nitrogens with zero attached hydrogens (tertiary/aromatic N) is 3. The molecule has 0 unspecified atom stereocenters. The second-order valence-corrected chi connectivity index (χ2v) is 7.50. The fraction of sp³-hybridized carbons (Fsp3) is 0.167. The summed E-state index contributed by atoms with van der Waals surface area (Å²) in [6.45, 7) is 0.0922. The number of nitrogens with one attached hydrogen (secondary N) is 1. The van der Waals surface area contributed by atoms with Gasteiger partial charge in [0.1, 0.15) is 5.82 Å². The molecular formula is C18H15Cl2FN4OS. The number of amides is 1. The Morgan fingerprint density at radius 2 is 1.96 bits per heavy atom. The first kappa shape index (κ1) is 19.7. The molecule has 0 fully saturated rings. The van der Waals surface area contributed by atoms with Crippen LogP contribution in [0.1, 0.15) is 5.56 Å². The van der Waals surface area contributed by atoms with Crippen LogP contribution < -0.4 is 0 Å². The van der Waals surface area contributed by atoms with Gasteiger partial charge in [-0.05, 0) is 36.4 Å². The van der Waals surface area contributed by atoms with Crippen molar-refractivity contribution in [1.82, 2.24) is 20.1 Å². The number of aromatic nitrogens is 3. The monoisotopic (exact) mass is 424 g/mol. The lowest BCUT2D eigenvalue weighted by Crippen LogP contribution is -2.28. The third kappa shape index (κ3) is 5.00. The predicted octanol–water partition coefficient (Wildman–Crippen LogP) is 4.67. The number of H-pyrrole nitrogens is 1. The number of benzene rings is 2. The van der Waals surface area contributed by atoms with E-state index in [9.17, 15) is 9.18 Å². The van der Waals surface area contributed by atoms with Crippen molar-refractivity contribution in [3.8, 4) is 11.4 Å². The van der Waals surface area contributed by atoms with Crippen LogP contribution in [-0.2, 0) is 11.3 Å². The van der Waals surface area contributed by atoms with E-state index in [2.05, 4.69) is 15.2 Å². The minimum atomic E-state index is -0.434. The first-order chi connectivity index (χ1) is 12.9. The van der Waals surface area contributed by atoms with E-state index in [1.807, 2.05) is 12.1 Å². The maximum Gasteiger partial charge on any atom is 0.233 e. The smallest absolute Gasteiger partial charge is 0.233 e. The second-order valence-electron chi connectivity index (χ2n) is 5.71. The lowest BCUT2D eigenvalue weighted by Gasteiger charge is -2.18. The van der Waals surface area contributed by atoms with Crippen LogP contribution in [0.4, 0.5) is 4.39 Å². The standard InChI is InChI=1S/C18H15Cl2FN4OS/c1-25(9-13-14(20)3-2-4-15(13)21)16(26)10-27-18-22-17(23-24-18)11-5-7-12(19)8-6-11/h2-8H,9-10H2,1H3,(H,22,23,24). The number of carbonyl (C=O) groups is 1. The zero-order chi connectivity index (χ0) is 19.4. The van der Waals surface area contributed by atoms with Gasteiger partial charge >= 0.3 is 0 Å². The molecule has 2 aromatic carbocycles. The van der Waals surface area contributed by atoms with Gasteiger partial charge in [0, 0.05) is 34.8 Å². The van der Waals surface area contributed by atoms with Crippen molar-refractivity contribution in [2.24, 2.45) is 0 Å². The van der Waals surface area contributed by atoms with Gasteiger partial charge in [-0.1, -0.05) is 41.0 Å². The predicted molar refractivity (Wildman–Crippen MR) is 105 cm³/mol. The molecule has 0 aliphatic heterocycles. The maximum absolute atomic E-state index is 13.9. The molecule has 0 spiro atoms. The minimum Gasteiger partial charge on any atom is -0.341 e. The average molecular weight is 425 g/mol. The zero-order valence-electron chi connectivity index (χ0n) is 14.2. The van der Waals surface area contributed by atoms with Gasteiger partial charge < -0.3 is 4.90 Å². The minimum absolute atomic E-state index is 0.0922. The van der Waals surface area contributed by atoms with Crippen molar-refractivity contribution in [1.29, 1.82) is 0 Å². The van der Waals surface area contributed by atoms with Crippen molar-refractivity contribution in [2.45, 2.75) is 11.7 Å².